The van der Waals surface area contributed by atoms with Crippen molar-refractivity contribution < 1.29 is 29.3 Å². The van der Waals surface area contributed by atoms with Crippen LogP contribution in [0.1, 0.15) is 37.3 Å². The lowest BCUT2D eigenvalue weighted by Gasteiger charge is -2.38. The van der Waals surface area contributed by atoms with Crippen molar-refractivity contribution in [3.63, 3.8) is 0 Å². The van der Waals surface area contributed by atoms with Gasteiger partial charge in [0.05, 0.1) is 30.4 Å². The minimum Gasteiger partial charge on any atom is -0.473 e. The minimum atomic E-state index is -1.82. The standard InChI is InChI=1S/C27H30N4O2S.C2H2O4/c1-2-33-26(32)14-17-31(24-12-15-30(16-13-24)19-22-6-4-3-5-7-22)27-29-25(20-34-27)23-10-8-21(18-28)9-11-23;3-1(4)2(5)6/h3-11,20,24H,2,12-17,19H2,1H3;(H,3,4)(H,5,6). The van der Waals surface area contributed by atoms with Crippen molar-refractivity contribution in [3.05, 3.63) is 71.1 Å². The molecule has 2 aromatic carbocycles. The minimum absolute atomic E-state index is 0.169. The normalized spacial score (nSPS) is 13.4. The highest BCUT2D eigenvalue weighted by atomic mass is 32.1. The lowest BCUT2D eigenvalue weighted by molar-refractivity contribution is -0.159. The number of nitrogens with zero attached hydrogens (tertiary/aromatic N) is 4. The third-order valence-corrected chi connectivity index (χ3v) is 7.22. The second-order valence-corrected chi connectivity index (χ2v) is 9.89. The molecule has 11 heteroatoms. The van der Waals surface area contributed by atoms with Gasteiger partial charge in [-0.15, -0.1) is 11.3 Å². The van der Waals surface area contributed by atoms with E-state index >= 15 is 0 Å². The van der Waals surface area contributed by atoms with Crippen LogP contribution in [0.4, 0.5) is 5.13 Å². The van der Waals surface area contributed by atoms with Crippen LogP contribution in [0.15, 0.2) is 60.0 Å². The third-order valence-electron chi connectivity index (χ3n) is 6.34. The van der Waals surface area contributed by atoms with Gasteiger partial charge in [0.2, 0.25) is 0 Å². The number of hydrogen-bond acceptors (Lipinski definition) is 9. The van der Waals surface area contributed by atoms with Crippen molar-refractivity contribution in [3.8, 4) is 17.3 Å². The summed E-state index contributed by atoms with van der Waals surface area (Å²) in [5.41, 5.74) is 3.86. The number of carboxylic acids is 2. The number of rotatable bonds is 9. The fraction of sp³-hybridized carbons (Fsp3) is 0.345. The van der Waals surface area contributed by atoms with E-state index in [-0.39, 0.29) is 5.97 Å². The van der Waals surface area contributed by atoms with Gasteiger partial charge in [0.1, 0.15) is 0 Å². The molecule has 210 valence electrons. The van der Waals surface area contributed by atoms with Gasteiger partial charge < -0.3 is 19.8 Å². The number of likely N-dealkylation sites (tertiary alicyclic amines) is 1. The number of piperidine rings is 1. The summed E-state index contributed by atoms with van der Waals surface area (Å²) in [6.45, 7) is 5.84. The molecule has 3 aromatic rings. The smallest absolute Gasteiger partial charge is 0.414 e. The van der Waals surface area contributed by atoms with Gasteiger partial charge in [-0.3, -0.25) is 9.69 Å². The van der Waals surface area contributed by atoms with Crippen LogP contribution in [0, 0.1) is 11.3 Å². The summed E-state index contributed by atoms with van der Waals surface area (Å²) in [5.74, 6) is -3.82. The third kappa shape index (κ3) is 9.18. The summed E-state index contributed by atoms with van der Waals surface area (Å²) in [6, 6.07) is 20.6. The first-order valence-corrected chi connectivity index (χ1v) is 13.8. The Balaban J connectivity index is 0.000000663. The van der Waals surface area contributed by atoms with Crippen molar-refractivity contribution in [1.29, 1.82) is 5.26 Å². The molecule has 0 aliphatic carbocycles. The number of carboxylic acid groups (broad SMARTS) is 2. The quantitative estimate of drug-likeness (QED) is 0.286. The molecule has 10 nitrogen and oxygen atoms in total. The van der Waals surface area contributed by atoms with Crippen LogP contribution in [0.3, 0.4) is 0 Å². The van der Waals surface area contributed by atoms with Crippen LogP contribution >= 0.6 is 11.3 Å². The Morgan fingerprint density at radius 3 is 2.30 bits per heavy atom. The number of aliphatic carboxylic acids is 2. The van der Waals surface area contributed by atoms with Crippen molar-refractivity contribution in [2.75, 3.05) is 31.1 Å². The number of hydrogen-bond donors (Lipinski definition) is 2. The average molecular weight is 565 g/mol. The molecule has 0 unspecified atom stereocenters. The molecule has 2 N–H and O–H groups in total. The predicted octanol–water partition coefficient (Wildman–Crippen LogP) is 4.26. The number of nitriles is 1. The Labute approximate surface area is 237 Å². The highest BCUT2D eigenvalue weighted by Crippen LogP contribution is 2.31. The van der Waals surface area contributed by atoms with E-state index in [0.717, 1.165) is 48.9 Å². The molecule has 1 aliphatic heterocycles. The van der Waals surface area contributed by atoms with Crippen LogP contribution in [0.25, 0.3) is 11.3 Å². The molecule has 0 spiro atoms. The average Bonchev–Trinajstić information content (AvgIpc) is 3.45. The SMILES string of the molecule is CCOC(=O)CCN(c1nc(-c2ccc(C#N)cc2)cs1)C1CCN(Cc2ccccc2)CC1.O=C(O)C(=O)O. The Kier molecular flexibility index (Phi) is 11.6. The van der Waals surface area contributed by atoms with E-state index in [2.05, 4.69) is 51.6 Å². The summed E-state index contributed by atoms with van der Waals surface area (Å²) in [4.78, 5) is 40.0. The zero-order valence-electron chi connectivity index (χ0n) is 22.2. The van der Waals surface area contributed by atoms with E-state index in [4.69, 9.17) is 34.8 Å². The summed E-state index contributed by atoms with van der Waals surface area (Å²) in [7, 11) is 0. The van der Waals surface area contributed by atoms with E-state index in [1.54, 1.807) is 11.3 Å². The van der Waals surface area contributed by atoms with Gasteiger partial charge in [-0.25, -0.2) is 14.6 Å². The fourth-order valence-electron chi connectivity index (χ4n) is 4.35. The first-order valence-electron chi connectivity index (χ1n) is 12.9. The van der Waals surface area contributed by atoms with Crippen LogP contribution in [0.5, 0.6) is 0 Å². The lowest BCUT2D eigenvalue weighted by Crippen LogP contribution is -2.45. The summed E-state index contributed by atoms with van der Waals surface area (Å²) >= 11 is 1.61. The number of anilines is 1. The number of carbonyl (C=O) groups is 3. The molecule has 1 aromatic heterocycles. The number of esters is 1. The maximum absolute atomic E-state index is 12.1. The molecular formula is C29H32N4O6S. The molecular weight excluding hydrogens is 532 g/mol. The van der Waals surface area contributed by atoms with Crippen molar-refractivity contribution in [1.82, 2.24) is 9.88 Å². The molecule has 1 saturated heterocycles. The Hall–Kier alpha value is -4.27. The van der Waals surface area contributed by atoms with Gasteiger partial charge in [-0.05, 0) is 37.5 Å². The topological polar surface area (TPSA) is 144 Å². The van der Waals surface area contributed by atoms with E-state index in [9.17, 15) is 4.79 Å². The first kappa shape index (κ1) is 30.3. The molecule has 0 radical (unpaired) electrons. The van der Waals surface area contributed by atoms with E-state index in [0.29, 0.717) is 31.2 Å². The number of aromatic nitrogens is 1. The van der Waals surface area contributed by atoms with Gasteiger partial charge in [0.25, 0.3) is 0 Å². The summed E-state index contributed by atoms with van der Waals surface area (Å²) in [5, 5.41) is 26.8. The molecule has 4 rings (SSSR count). The molecule has 0 bridgehead atoms. The van der Waals surface area contributed by atoms with Crippen molar-refractivity contribution in [2.24, 2.45) is 0 Å². The Morgan fingerprint density at radius 2 is 1.73 bits per heavy atom. The van der Waals surface area contributed by atoms with E-state index in [1.807, 2.05) is 31.2 Å². The van der Waals surface area contributed by atoms with Gasteiger partial charge in [0, 0.05) is 43.2 Å². The largest absolute Gasteiger partial charge is 0.473 e. The summed E-state index contributed by atoms with van der Waals surface area (Å²) < 4.78 is 5.18. The molecule has 0 atom stereocenters. The zero-order chi connectivity index (χ0) is 28.9. The number of carbonyl (C=O) groups excluding carboxylic acids is 1. The second-order valence-electron chi connectivity index (χ2n) is 9.06. The molecule has 1 aliphatic rings. The van der Waals surface area contributed by atoms with E-state index < -0.39 is 11.9 Å². The van der Waals surface area contributed by atoms with Gasteiger partial charge in [-0.1, -0.05) is 42.5 Å². The van der Waals surface area contributed by atoms with Crippen LogP contribution < -0.4 is 4.90 Å². The molecule has 2 heterocycles. The number of ether oxygens (including phenoxy) is 1. The number of thiazole rings is 1. The number of benzene rings is 2. The molecule has 40 heavy (non-hydrogen) atoms. The Bertz CT molecular complexity index is 1290. The van der Waals surface area contributed by atoms with Crippen molar-refractivity contribution in [2.45, 2.75) is 38.8 Å². The summed E-state index contributed by atoms with van der Waals surface area (Å²) in [6.07, 6.45) is 2.41. The first-order chi connectivity index (χ1) is 19.3. The van der Waals surface area contributed by atoms with Crippen LogP contribution in [-0.4, -0.2) is 70.3 Å². The molecule has 1 fully saturated rings. The van der Waals surface area contributed by atoms with Gasteiger partial charge >= 0.3 is 17.9 Å². The molecule has 0 amide bonds. The predicted molar refractivity (Wildman–Crippen MR) is 151 cm³/mol. The maximum Gasteiger partial charge on any atom is 0.414 e. The highest BCUT2D eigenvalue weighted by Gasteiger charge is 2.27. The fourth-order valence-corrected chi connectivity index (χ4v) is 5.29. The van der Waals surface area contributed by atoms with Gasteiger partial charge in [0.15, 0.2) is 5.13 Å². The van der Waals surface area contributed by atoms with E-state index in [1.165, 1.54) is 5.56 Å². The van der Waals surface area contributed by atoms with Crippen LogP contribution in [0.2, 0.25) is 0 Å². The van der Waals surface area contributed by atoms with Gasteiger partial charge in [-0.2, -0.15) is 5.26 Å². The monoisotopic (exact) mass is 564 g/mol. The van der Waals surface area contributed by atoms with Crippen molar-refractivity contribution >= 4 is 34.4 Å². The highest BCUT2D eigenvalue weighted by molar-refractivity contribution is 7.14. The Morgan fingerprint density at radius 1 is 1.07 bits per heavy atom. The zero-order valence-corrected chi connectivity index (χ0v) is 23.0. The van der Waals surface area contributed by atoms with Crippen LogP contribution in [-0.2, 0) is 25.7 Å². The molecule has 0 saturated carbocycles. The second kappa shape index (κ2) is 15.4. The lowest BCUT2D eigenvalue weighted by atomic mass is 10.0. The maximum atomic E-state index is 12.1.